The minimum absolute atomic E-state index is 0.0855. The highest BCUT2D eigenvalue weighted by molar-refractivity contribution is 5.71. The second kappa shape index (κ2) is 45.8. The van der Waals surface area contributed by atoms with E-state index in [1.54, 1.807) is 0 Å². The van der Waals surface area contributed by atoms with Gasteiger partial charge in [-0.25, -0.2) is 0 Å². The van der Waals surface area contributed by atoms with Crippen molar-refractivity contribution in [2.75, 3.05) is 13.2 Å². The Balaban J connectivity index is 4.37. The molecule has 0 heterocycles. The predicted molar refractivity (Wildman–Crippen MR) is 242 cm³/mol. The molecule has 0 aliphatic heterocycles. The van der Waals surface area contributed by atoms with Crippen molar-refractivity contribution in [3.63, 3.8) is 0 Å². The van der Waals surface area contributed by atoms with Crippen LogP contribution >= 0.6 is 0 Å². The number of hydrogen-bond donors (Lipinski definition) is 0. The first-order chi connectivity index (χ1) is 28.0. The van der Waals surface area contributed by atoms with Gasteiger partial charge in [-0.15, -0.1) is 0 Å². The van der Waals surface area contributed by atoms with Crippen LogP contribution in [0.2, 0.25) is 0 Å². The molecule has 0 saturated carbocycles. The largest absolute Gasteiger partial charge is 0.462 e. The van der Waals surface area contributed by atoms with Crippen LogP contribution < -0.4 is 0 Å². The highest BCUT2D eigenvalue weighted by atomic mass is 16.6. The number of carbonyl (C=O) groups is 3. The maximum Gasteiger partial charge on any atom is 0.306 e. The van der Waals surface area contributed by atoms with Crippen molar-refractivity contribution in [2.24, 2.45) is 0 Å². The second-order valence-corrected chi connectivity index (χ2v) is 15.6. The third-order valence-corrected chi connectivity index (χ3v) is 9.98. The van der Waals surface area contributed by atoms with E-state index in [9.17, 15) is 14.4 Å². The van der Waals surface area contributed by atoms with Crippen molar-refractivity contribution in [2.45, 2.75) is 232 Å². The van der Waals surface area contributed by atoms with Gasteiger partial charge in [0.25, 0.3) is 0 Å². The average molecular weight is 797 g/mol. The van der Waals surface area contributed by atoms with Crippen LogP contribution in [-0.4, -0.2) is 37.2 Å². The first-order valence-corrected chi connectivity index (χ1v) is 23.8. The number of carbonyl (C=O) groups excluding carboxylic acids is 3. The first-order valence-electron chi connectivity index (χ1n) is 23.8. The molecule has 0 amide bonds. The zero-order valence-electron chi connectivity index (χ0n) is 37.3. The Morgan fingerprint density at radius 3 is 1.09 bits per heavy atom. The maximum atomic E-state index is 12.7. The summed E-state index contributed by atoms with van der Waals surface area (Å²) in [7, 11) is 0. The zero-order chi connectivity index (χ0) is 41.5. The summed E-state index contributed by atoms with van der Waals surface area (Å²) in [5.41, 5.74) is 0. The predicted octanol–water partition coefficient (Wildman–Crippen LogP) is 15.3. The lowest BCUT2D eigenvalue weighted by Gasteiger charge is -2.18. The molecule has 0 fully saturated rings. The van der Waals surface area contributed by atoms with Gasteiger partial charge in [-0.2, -0.15) is 0 Å². The summed E-state index contributed by atoms with van der Waals surface area (Å²) in [6.45, 7) is 6.42. The molecule has 1 atom stereocenters. The van der Waals surface area contributed by atoms with Crippen molar-refractivity contribution >= 4 is 17.9 Å². The minimum Gasteiger partial charge on any atom is -0.462 e. The van der Waals surface area contributed by atoms with Gasteiger partial charge in [-0.3, -0.25) is 14.4 Å². The molecule has 6 nitrogen and oxygen atoms in total. The van der Waals surface area contributed by atoms with Gasteiger partial charge in [0.15, 0.2) is 6.10 Å². The van der Waals surface area contributed by atoms with Gasteiger partial charge < -0.3 is 14.2 Å². The summed E-state index contributed by atoms with van der Waals surface area (Å²) in [6, 6.07) is 0. The molecule has 6 heteroatoms. The molecule has 0 rings (SSSR count). The van der Waals surface area contributed by atoms with Gasteiger partial charge >= 0.3 is 17.9 Å². The number of esters is 3. The van der Waals surface area contributed by atoms with E-state index in [2.05, 4.69) is 81.5 Å². The van der Waals surface area contributed by atoms with Crippen molar-refractivity contribution in [1.29, 1.82) is 0 Å². The maximum absolute atomic E-state index is 12.7. The fourth-order valence-electron chi connectivity index (χ4n) is 6.36. The minimum atomic E-state index is -0.783. The fourth-order valence-corrected chi connectivity index (χ4v) is 6.36. The lowest BCUT2D eigenvalue weighted by molar-refractivity contribution is -0.167. The molecule has 0 aromatic rings. The van der Waals surface area contributed by atoms with E-state index in [-0.39, 0.29) is 31.1 Å². The Morgan fingerprint density at radius 2 is 0.684 bits per heavy atom. The summed E-state index contributed by atoms with van der Waals surface area (Å²) < 4.78 is 16.7. The molecule has 328 valence electrons. The normalized spacial score (nSPS) is 12.5. The molecule has 0 aliphatic rings. The molecule has 0 spiro atoms. The van der Waals surface area contributed by atoms with Gasteiger partial charge in [-0.1, -0.05) is 178 Å². The summed E-state index contributed by atoms with van der Waals surface area (Å²) >= 11 is 0. The van der Waals surface area contributed by atoms with Crippen LogP contribution in [0.4, 0.5) is 0 Å². The number of rotatable bonds is 42. The standard InChI is InChI=1S/C51H88O6/c1-4-7-10-13-16-19-22-23-24-25-26-27-30-32-35-38-41-44-50(53)56-47-48(57-51(54)45-42-39-36-33-29-21-18-15-12-9-6-3)46-55-49(52)43-40-37-34-31-28-20-17-14-11-8-5-2/h7,10,14-19,23-24,48H,4-6,8-9,11-13,20-22,25-47H2,1-3H3/b10-7-,17-14-,18-15-,19-16-,24-23-. The molecule has 0 aliphatic carbocycles. The van der Waals surface area contributed by atoms with Gasteiger partial charge in [-0.05, 0) is 89.9 Å². The van der Waals surface area contributed by atoms with Crippen LogP contribution in [0.3, 0.4) is 0 Å². The van der Waals surface area contributed by atoms with Crippen molar-refractivity contribution in [3.8, 4) is 0 Å². The highest BCUT2D eigenvalue weighted by Crippen LogP contribution is 2.14. The zero-order valence-corrected chi connectivity index (χ0v) is 37.3. The highest BCUT2D eigenvalue weighted by Gasteiger charge is 2.19. The molecule has 57 heavy (non-hydrogen) atoms. The van der Waals surface area contributed by atoms with Crippen molar-refractivity contribution in [3.05, 3.63) is 60.8 Å². The Bertz CT molecular complexity index is 1050. The molecule has 0 aromatic heterocycles. The SMILES string of the molecule is CC/C=C\C/C=C\C/C=C\CCCCCCCCCC(=O)OCC(COC(=O)CCCCCCC/C=C\CCCC)OC(=O)CCCCCCC/C=C\CCCC. The van der Waals surface area contributed by atoms with E-state index in [0.29, 0.717) is 19.3 Å². The van der Waals surface area contributed by atoms with Crippen LogP contribution in [0, 0.1) is 0 Å². The Kier molecular flexibility index (Phi) is 43.5. The molecule has 0 N–H and O–H groups in total. The molecular weight excluding hydrogens is 709 g/mol. The van der Waals surface area contributed by atoms with Gasteiger partial charge in [0.1, 0.15) is 13.2 Å². The monoisotopic (exact) mass is 797 g/mol. The molecule has 0 radical (unpaired) electrons. The van der Waals surface area contributed by atoms with Gasteiger partial charge in [0.2, 0.25) is 0 Å². The van der Waals surface area contributed by atoms with E-state index in [0.717, 1.165) is 103 Å². The van der Waals surface area contributed by atoms with E-state index < -0.39 is 6.10 Å². The number of hydrogen-bond acceptors (Lipinski definition) is 6. The molecular formula is C51H88O6. The van der Waals surface area contributed by atoms with Crippen LogP contribution in [-0.2, 0) is 28.6 Å². The van der Waals surface area contributed by atoms with Crippen molar-refractivity contribution in [1.82, 2.24) is 0 Å². The summed E-state index contributed by atoms with van der Waals surface area (Å²) in [5.74, 6) is -0.916. The lowest BCUT2D eigenvalue weighted by atomic mass is 10.1. The van der Waals surface area contributed by atoms with E-state index in [1.807, 2.05) is 0 Å². The van der Waals surface area contributed by atoms with Gasteiger partial charge in [0.05, 0.1) is 0 Å². The Labute approximate surface area is 351 Å². The third kappa shape index (κ3) is 44.1. The van der Waals surface area contributed by atoms with Crippen LogP contribution in [0.5, 0.6) is 0 Å². The Hall–Kier alpha value is -2.89. The lowest BCUT2D eigenvalue weighted by Crippen LogP contribution is -2.30. The van der Waals surface area contributed by atoms with Crippen LogP contribution in [0.15, 0.2) is 60.8 Å². The van der Waals surface area contributed by atoms with E-state index >= 15 is 0 Å². The Morgan fingerprint density at radius 1 is 0.368 bits per heavy atom. The van der Waals surface area contributed by atoms with Crippen molar-refractivity contribution < 1.29 is 28.6 Å². The van der Waals surface area contributed by atoms with Gasteiger partial charge in [0, 0.05) is 19.3 Å². The summed E-state index contributed by atoms with van der Waals surface area (Å²) in [4.78, 5) is 37.8. The quantitative estimate of drug-likeness (QED) is 0.0265. The van der Waals surface area contributed by atoms with Crippen LogP contribution in [0.25, 0.3) is 0 Å². The third-order valence-electron chi connectivity index (χ3n) is 9.98. The van der Waals surface area contributed by atoms with E-state index in [4.69, 9.17) is 14.2 Å². The first kappa shape index (κ1) is 54.1. The number of unbranched alkanes of at least 4 members (excludes halogenated alkanes) is 21. The molecule has 0 aromatic carbocycles. The number of allylic oxidation sites excluding steroid dienone is 10. The molecule has 1 unspecified atom stereocenters. The smallest absolute Gasteiger partial charge is 0.306 e. The summed E-state index contributed by atoms with van der Waals surface area (Å²) in [5, 5.41) is 0. The average Bonchev–Trinajstić information content (AvgIpc) is 3.21. The molecule has 0 saturated heterocycles. The fraction of sp³-hybridized carbons (Fsp3) is 0.745. The van der Waals surface area contributed by atoms with E-state index in [1.165, 1.54) is 83.5 Å². The second-order valence-electron chi connectivity index (χ2n) is 15.6. The topological polar surface area (TPSA) is 78.9 Å². The molecule has 0 bridgehead atoms. The van der Waals surface area contributed by atoms with Crippen LogP contribution in [0.1, 0.15) is 226 Å². The summed E-state index contributed by atoms with van der Waals surface area (Å²) in [6.07, 6.45) is 54.9. The number of ether oxygens (including phenoxy) is 3.